The molecule has 0 N–H and O–H groups in total. The van der Waals surface area contributed by atoms with Gasteiger partial charge in [0.25, 0.3) is 0 Å². The fourth-order valence-electron chi connectivity index (χ4n) is 1.71. The van der Waals surface area contributed by atoms with Crippen molar-refractivity contribution in [3.63, 3.8) is 0 Å². The smallest absolute Gasteiger partial charge is 0.308 e. The van der Waals surface area contributed by atoms with Crippen LogP contribution in [0.3, 0.4) is 0 Å². The quantitative estimate of drug-likeness (QED) is 0.778. The Morgan fingerprint density at radius 1 is 1.17 bits per heavy atom. The Hall–Kier alpha value is -2.30. The number of fused-ring (bicyclic) bond motifs is 1. The molecule has 94 valence electrons. The zero-order valence-corrected chi connectivity index (χ0v) is 10.4. The van der Waals surface area contributed by atoms with Crippen molar-refractivity contribution >= 4 is 16.9 Å². The van der Waals surface area contributed by atoms with Crippen LogP contribution in [0.1, 0.15) is 6.92 Å². The van der Waals surface area contributed by atoms with E-state index in [-0.39, 0.29) is 5.97 Å². The average molecular weight is 247 g/mol. The van der Waals surface area contributed by atoms with E-state index in [0.29, 0.717) is 28.2 Å². The highest BCUT2D eigenvalue weighted by Gasteiger charge is 2.12. The van der Waals surface area contributed by atoms with E-state index in [4.69, 9.17) is 14.2 Å². The number of nitrogens with zero attached hydrogens (tertiary/aromatic N) is 1. The molecule has 1 aromatic heterocycles. The molecule has 2 rings (SSSR count). The van der Waals surface area contributed by atoms with Gasteiger partial charge in [-0.15, -0.1) is 0 Å². The highest BCUT2D eigenvalue weighted by Crippen LogP contribution is 2.36. The van der Waals surface area contributed by atoms with E-state index < -0.39 is 0 Å². The lowest BCUT2D eigenvalue weighted by Gasteiger charge is -2.11. The summed E-state index contributed by atoms with van der Waals surface area (Å²) in [5.74, 6) is 1.22. The predicted octanol–water partition coefficient (Wildman–Crippen LogP) is 2.18. The van der Waals surface area contributed by atoms with Crippen molar-refractivity contribution in [2.45, 2.75) is 6.92 Å². The van der Waals surface area contributed by atoms with Crippen LogP contribution < -0.4 is 14.2 Å². The molecule has 0 saturated carbocycles. The summed E-state index contributed by atoms with van der Waals surface area (Å²) in [5.41, 5.74) is 0.643. The van der Waals surface area contributed by atoms with Crippen molar-refractivity contribution in [3.8, 4) is 17.2 Å². The van der Waals surface area contributed by atoms with Gasteiger partial charge in [0, 0.05) is 31.3 Å². The second kappa shape index (κ2) is 4.91. The van der Waals surface area contributed by atoms with Gasteiger partial charge in [-0.25, -0.2) is 0 Å². The van der Waals surface area contributed by atoms with E-state index in [0.717, 1.165) is 0 Å². The molecule has 0 spiro atoms. The molecule has 0 fully saturated rings. The van der Waals surface area contributed by atoms with E-state index in [2.05, 4.69) is 4.98 Å². The number of ether oxygens (including phenoxy) is 3. The number of aromatic nitrogens is 1. The van der Waals surface area contributed by atoms with Gasteiger partial charge in [0.2, 0.25) is 0 Å². The summed E-state index contributed by atoms with van der Waals surface area (Å²) in [6.45, 7) is 1.35. The van der Waals surface area contributed by atoms with E-state index in [1.165, 1.54) is 6.92 Å². The maximum absolute atomic E-state index is 11.1. The fourth-order valence-corrected chi connectivity index (χ4v) is 1.71. The number of hydrogen-bond acceptors (Lipinski definition) is 5. The highest BCUT2D eigenvalue weighted by molar-refractivity contribution is 5.93. The van der Waals surface area contributed by atoms with Gasteiger partial charge in [0.15, 0.2) is 0 Å². The Labute approximate surface area is 104 Å². The van der Waals surface area contributed by atoms with Crippen LogP contribution in [-0.4, -0.2) is 25.2 Å². The zero-order valence-electron chi connectivity index (χ0n) is 10.4. The minimum Gasteiger partial charge on any atom is -0.497 e. The third kappa shape index (κ3) is 2.20. The normalized spacial score (nSPS) is 10.2. The van der Waals surface area contributed by atoms with Crippen LogP contribution >= 0.6 is 0 Å². The lowest BCUT2D eigenvalue weighted by Crippen LogP contribution is -2.03. The topological polar surface area (TPSA) is 57.7 Å². The van der Waals surface area contributed by atoms with Gasteiger partial charge in [0.1, 0.15) is 17.2 Å². The van der Waals surface area contributed by atoms with Crippen LogP contribution in [-0.2, 0) is 4.79 Å². The molecule has 5 heteroatoms. The Morgan fingerprint density at radius 2 is 1.94 bits per heavy atom. The molecule has 0 aliphatic rings. The van der Waals surface area contributed by atoms with Crippen molar-refractivity contribution in [2.24, 2.45) is 0 Å². The molecule has 0 unspecified atom stereocenters. The van der Waals surface area contributed by atoms with Crippen LogP contribution in [0.2, 0.25) is 0 Å². The lowest BCUT2D eigenvalue weighted by molar-refractivity contribution is -0.131. The van der Waals surface area contributed by atoms with Crippen molar-refractivity contribution in [3.05, 3.63) is 24.4 Å². The molecule has 0 aliphatic heterocycles. The monoisotopic (exact) mass is 247 g/mol. The second-order valence-corrected chi connectivity index (χ2v) is 3.63. The van der Waals surface area contributed by atoms with E-state index >= 15 is 0 Å². The van der Waals surface area contributed by atoms with Crippen LogP contribution in [0.4, 0.5) is 0 Å². The molecule has 1 aromatic carbocycles. The largest absolute Gasteiger partial charge is 0.497 e. The molecule has 18 heavy (non-hydrogen) atoms. The highest BCUT2D eigenvalue weighted by atomic mass is 16.5. The minimum absolute atomic E-state index is 0.389. The maximum atomic E-state index is 11.1. The molecule has 0 radical (unpaired) electrons. The summed E-state index contributed by atoms with van der Waals surface area (Å²) in [7, 11) is 3.11. The Kier molecular flexibility index (Phi) is 3.32. The maximum Gasteiger partial charge on any atom is 0.308 e. The first kappa shape index (κ1) is 12.2. The van der Waals surface area contributed by atoms with Gasteiger partial charge in [-0.1, -0.05) is 0 Å². The van der Waals surface area contributed by atoms with Crippen LogP contribution in [0.5, 0.6) is 17.2 Å². The molecular weight excluding hydrogens is 234 g/mol. The molecular formula is C13H13NO4. The molecule has 0 bridgehead atoms. The van der Waals surface area contributed by atoms with Crippen molar-refractivity contribution in [1.82, 2.24) is 4.98 Å². The number of benzene rings is 1. The number of carbonyl (C=O) groups is 1. The van der Waals surface area contributed by atoms with E-state index in [1.807, 2.05) is 0 Å². The lowest BCUT2D eigenvalue weighted by atomic mass is 10.1. The summed E-state index contributed by atoms with van der Waals surface area (Å²) in [6.07, 6.45) is 1.57. The SMILES string of the molecule is COc1cc(OC)c2c(OC(C)=O)ccnc2c1. The first-order valence-electron chi connectivity index (χ1n) is 5.35. The molecule has 5 nitrogen and oxygen atoms in total. The average Bonchev–Trinajstić information content (AvgIpc) is 2.36. The third-order valence-electron chi connectivity index (χ3n) is 2.45. The first-order valence-corrected chi connectivity index (χ1v) is 5.35. The van der Waals surface area contributed by atoms with Crippen molar-refractivity contribution in [2.75, 3.05) is 14.2 Å². The van der Waals surface area contributed by atoms with E-state index in [1.54, 1.807) is 38.6 Å². The summed E-state index contributed by atoms with van der Waals surface area (Å²) in [6, 6.07) is 5.10. The summed E-state index contributed by atoms with van der Waals surface area (Å²) in [5, 5.41) is 0.649. The number of carbonyl (C=O) groups excluding carboxylic acids is 1. The van der Waals surface area contributed by atoms with Gasteiger partial charge in [-0.2, -0.15) is 0 Å². The van der Waals surface area contributed by atoms with Gasteiger partial charge in [0.05, 0.1) is 25.1 Å². The van der Waals surface area contributed by atoms with Gasteiger partial charge < -0.3 is 14.2 Å². The number of pyridine rings is 1. The van der Waals surface area contributed by atoms with Crippen LogP contribution in [0, 0.1) is 0 Å². The van der Waals surface area contributed by atoms with Gasteiger partial charge >= 0.3 is 5.97 Å². The molecule has 0 amide bonds. The van der Waals surface area contributed by atoms with Gasteiger partial charge in [-0.05, 0) is 0 Å². The first-order chi connectivity index (χ1) is 8.65. The number of methoxy groups -OCH3 is 2. The second-order valence-electron chi connectivity index (χ2n) is 3.63. The summed E-state index contributed by atoms with van der Waals surface area (Å²) >= 11 is 0. The predicted molar refractivity (Wildman–Crippen MR) is 66.2 cm³/mol. The van der Waals surface area contributed by atoms with Gasteiger partial charge in [-0.3, -0.25) is 9.78 Å². The fraction of sp³-hybridized carbons (Fsp3) is 0.231. The molecule has 0 atom stereocenters. The minimum atomic E-state index is -0.389. The molecule has 0 saturated heterocycles. The van der Waals surface area contributed by atoms with Crippen molar-refractivity contribution in [1.29, 1.82) is 0 Å². The van der Waals surface area contributed by atoms with Crippen molar-refractivity contribution < 1.29 is 19.0 Å². The number of esters is 1. The standard InChI is InChI=1S/C13H13NO4/c1-8(15)18-11-4-5-14-10-6-9(16-2)7-12(17-3)13(10)11/h4-7H,1-3H3. The number of hydrogen-bond donors (Lipinski definition) is 0. The Bertz CT molecular complexity index is 595. The Balaban J connectivity index is 2.70. The molecule has 0 aliphatic carbocycles. The summed E-state index contributed by atoms with van der Waals surface area (Å²) < 4.78 is 15.6. The molecule has 1 heterocycles. The summed E-state index contributed by atoms with van der Waals surface area (Å²) in [4.78, 5) is 15.3. The number of rotatable bonds is 3. The Morgan fingerprint density at radius 3 is 2.56 bits per heavy atom. The van der Waals surface area contributed by atoms with Crippen LogP contribution in [0.15, 0.2) is 24.4 Å². The third-order valence-corrected chi connectivity index (χ3v) is 2.45. The molecule has 2 aromatic rings. The van der Waals surface area contributed by atoms with E-state index in [9.17, 15) is 4.79 Å². The zero-order chi connectivity index (χ0) is 13.1. The van der Waals surface area contributed by atoms with Crippen LogP contribution in [0.25, 0.3) is 10.9 Å².